The van der Waals surface area contributed by atoms with Gasteiger partial charge in [0.25, 0.3) is 0 Å². The molecule has 1 saturated heterocycles. The summed E-state index contributed by atoms with van der Waals surface area (Å²) < 4.78 is 0. The molecule has 66 valence electrons. The van der Waals surface area contributed by atoms with E-state index in [4.69, 9.17) is 0 Å². The van der Waals surface area contributed by atoms with Gasteiger partial charge in [-0.2, -0.15) is 12.6 Å². The maximum atomic E-state index is 4.34. The lowest BCUT2D eigenvalue weighted by Crippen LogP contribution is -2.27. The molecule has 0 N–H and O–H groups in total. The zero-order chi connectivity index (χ0) is 8.10. The minimum absolute atomic E-state index is 0.816. The largest absolute Gasteiger partial charge is 0.303 e. The van der Waals surface area contributed by atoms with Crippen LogP contribution >= 0.6 is 12.6 Å². The Morgan fingerprint density at radius 3 is 2.45 bits per heavy atom. The minimum Gasteiger partial charge on any atom is -0.303 e. The van der Waals surface area contributed by atoms with Crippen LogP contribution in [0.4, 0.5) is 0 Å². The lowest BCUT2D eigenvalue weighted by atomic mass is 10.1. The second-order valence-electron chi connectivity index (χ2n) is 3.46. The van der Waals surface area contributed by atoms with E-state index < -0.39 is 0 Å². The first kappa shape index (κ1) is 9.40. The van der Waals surface area contributed by atoms with Crippen LogP contribution in [0, 0.1) is 5.92 Å². The van der Waals surface area contributed by atoms with Crippen molar-refractivity contribution in [3.05, 3.63) is 0 Å². The zero-order valence-electron chi connectivity index (χ0n) is 7.42. The number of nitrogens with zero attached hydrogens (tertiary/aromatic N) is 1. The van der Waals surface area contributed by atoms with Crippen LogP contribution in [0.1, 0.15) is 26.2 Å². The summed E-state index contributed by atoms with van der Waals surface area (Å²) in [6, 6.07) is 0. The molecule has 1 atom stereocenters. The van der Waals surface area contributed by atoms with E-state index in [9.17, 15) is 0 Å². The molecule has 0 bridgehead atoms. The monoisotopic (exact) mass is 173 g/mol. The molecule has 11 heavy (non-hydrogen) atoms. The summed E-state index contributed by atoms with van der Waals surface area (Å²) in [6.45, 7) is 6.19. The highest BCUT2D eigenvalue weighted by Crippen LogP contribution is 2.13. The summed E-state index contributed by atoms with van der Waals surface area (Å²) in [6.07, 6.45) is 4.09. The molecule has 0 spiro atoms. The van der Waals surface area contributed by atoms with Gasteiger partial charge in [-0.05, 0) is 37.6 Å². The van der Waals surface area contributed by atoms with Gasteiger partial charge in [-0.3, -0.25) is 0 Å². The van der Waals surface area contributed by atoms with Crippen molar-refractivity contribution in [2.75, 3.05) is 25.4 Å². The van der Waals surface area contributed by atoms with Crippen LogP contribution in [0.25, 0.3) is 0 Å². The third kappa shape index (κ3) is 3.04. The average Bonchev–Trinajstić information content (AvgIpc) is 2.52. The molecule has 0 aliphatic carbocycles. The number of thiol groups is 1. The van der Waals surface area contributed by atoms with Gasteiger partial charge in [-0.25, -0.2) is 0 Å². The van der Waals surface area contributed by atoms with Crippen molar-refractivity contribution in [2.45, 2.75) is 26.2 Å². The smallest absolute Gasteiger partial charge is 0.00174 e. The first-order valence-electron chi connectivity index (χ1n) is 4.70. The summed E-state index contributed by atoms with van der Waals surface area (Å²) in [4.78, 5) is 2.57. The van der Waals surface area contributed by atoms with Crippen LogP contribution in [0.5, 0.6) is 0 Å². The van der Waals surface area contributed by atoms with Crippen molar-refractivity contribution in [3.8, 4) is 0 Å². The highest BCUT2D eigenvalue weighted by molar-refractivity contribution is 7.80. The van der Waals surface area contributed by atoms with Gasteiger partial charge in [0.2, 0.25) is 0 Å². The van der Waals surface area contributed by atoms with Crippen LogP contribution in [0.15, 0.2) is 0 Å². The summed E-state index contributed by atoms with van der Waals surface area (Å²) in [5, 5.41) is 0. The summed E-state index contributed by atoms with van der Waals surface area (Å²) in [7, 11) is 0. The van der Waals surface area contributed by atoms with Crippen molar-refractivity contribution >= 4 is 12.6 Å². The van der Waals surface area contributed by atoms with E-state index in [1.54, 1.807) is 0 Å². The van der Waals surface area contributed by atoms with Crippen molar-refractivity contribution in [1.29, 1.82) is 0 Å². The molecule has 0 aromatic carbocycles. The molecule has 1 unspecified atom stereocenters. The maximum Gasteiger partial charge on any atom is 0.00174 e. The molecule has 1 heterocycles. The number of rotatable bonds is 4. The first-order chi connectivity index (χ1) is 5.36. The molecule has 0 radical (unpaired) electrons. The van der Waals surface area contributed by atoms with Crippen molar-refractivity contribution in [2.24, 2.45) is 5.92 Å². The molecule has 0 aromatic heterocycles. The van der Waals surface area contributed by atoms with Gasteiger partial charge in [0.1, 0.15) is 0 Å². The quantitative estimate of drug-likeness (QED) is 0.637. The summed E-state index contributed by atoms with van der Waals surface area (Å²) >= 11 is 4.34. The standard InChI is InChI=1S/C9H19NS/c1-2-9(8-11)7-10-5-3-4-6-10/h9,11H,2-8H2,1H3. The lowest BCUT2D eigenvalue weighted by Gasteiger charge is -2.20. The molecule has 0 amide bonds. The summed E-state index contributed by atoms with van der Waals surface area (Å²) in [5.41, 5.74) is 0. The van der Waals surface area contributed by atoms with E-state index in [0.29, 0.717) is 0 Å². The predicted molar refractivity (Wildman–Crippen MR) is 53.3 cm³/mol. The van der Waals surface area contributed by atoms with E-state index in [1.165, 1.54) is 38.9 Å². The van der Waals surface area contributed by atoms with Gasteiger partial charge < -0.3 is 4.90 Å². The van der Waals surface area contributed by atoms with Gasteiger partial charge in [0.15, 0.2) is 0 Å². The number of hydrogen-bond acceptors (Lipinski definition) is 2. The normalized spacial score (nSPS) is 22.4. The Kier molecular flexibility index (Phi) is 4.31. The maximum absolute atomic E-state index is 4.34. The second-order valence-corrected chi connectivity index (χ2v) is 3.83. The van der Waals surface area contributed by atoms with Gasteiger partial charge in [0, 0.05) is 6.54 Å². The molecular formula is C9H19NS. The third-order valence-corrected chi connectivity index (χ3v) is 3.07. The number of hydrogen-bond donors (Lipinski definition) is 1. The van der Waals surface area contributed by atoms with Gasteiger partial charge in [0.05, 0.1) is 0 Å². The van der Waals surface area contributed by atoms with Crippen molar-refractivity contribution < 1.29 is 0 Å². The Hall–Kier alpha value is 0.310. The number of likely N-dealkylation sites (tertiary alicyclic amines) is 1. The molecule has 1 fully saturated rings. The highest BCUT2D eigenvalue weighted by Gasteiger charge is 2.14. The molecular weight excluding hydrogens is 154 g/mol. The molecule has 1 aliphatic rings. The molecule has 1 aliphatic heterocycles. The van der Waals surface area contributed by atoms with E-state index in [2.05, 4.69) is 24.5 Å². The molecule has 0 saturated carbocycles. The van der Waals surface area contributed by atoms with E-state index in [0.717, 1.165) is 11.7 Å². The Labute approximate surface area is 75.6 Å². The second kappa shape index (κ2) is 5.04. The SMILES string of the molecule is CCC(CS)CN1CCCC1. The van der Waals surface area contributed by atoms with E-state index in [1.807, 2.05) is 0 Å². The summed E-state index contributed by atoms with van der Waals surface area (Å²) in [5.74, 6) is 1.86. The highest BCUT2D eigenvalue weighted by atomic mass is 32.1. The minimum atomic E-state index is 0.816. The Bertz CT molecular complexity index is 95.7. The van der Waals surface area contributed by atoms with Crippen LogP contribution in [0.2, 0.25) is 0 Å². The Balaban J connectivity index is 2.16. The van der Waals surface area contributed by atoms with Crippen LogP contribution in [-0.4, -0.2) is 30.3 Å². The van der Waals surface area contributed by atoms with E-state index in [-0.39, 0.29) is 0 Å². The lowest BCUT2D eigenvalue weighted by molar-refractivity contribution is 0.287. The Morgan fingerprint density at radius 1 is 1.36 bits per heavy atom. The fourth-order valence-electron chi connectivity index (χ4n) is 1.65. The van der Waals surface area contributed by atoms with Crippen molar-refractivity contribution in [3.63, 3.8) is 0 Å². The van der Waals surface area contributed by atoms with Crippen LogP contribution in [0.3, 0.4) is 0 Å². The fraction of sp³-hybridized carbons (Fsp3) is 1.00. The van der Waals surface area contributed by atoms with Gasteiger partial charge in [-0.15, -0.1) is 0 Å². The molecule has 1 nitrogen and oxygen atoms in total. The van der Waals surface area contributed by atoms with Gasteiger partial charge >= 0.3 is 0 Å². The zero-order valence-corrected chi connectivity index (χ0v) is 8.32. The molecule has 1 rings (SSSR count). The average molecular weight is 173 g/mol. The predicted octanol–water partition coefficient (Wildman–Crippen LogP) is 2.04. The van der Waals surface area contributed by atoms with Gasteiger partial charge in [-0.1, -0.05) is 13.3 Å². The molecule has 2 heteroatoms. The Morgan fingerprint density at radius 2 is 2.00 bits per heavy atom. The molecule has 0 aromatic rings. The van der Waals surface area contributed by atoms with Crippen LogP contribution in [-0.2, 0) is 0 Å². The topological polar surface area (TPSA) is 3.24 Å². The first-order valence-corrected chi connectivity index (χ1v) is 5.33. The third-order valence-electron chi connectivity index (χ3n) is 2.55. The van der Waals surface area contributed by atoms with Crippen molar-refractivity contribution in [1.82, 2.24) is 4.90 Å². The fourth-order valence-corrected chi connectivity index (χ4v) is 2.02. The van der Waals surface area contributed by atoms with E-state index >= 15 is 0 Å². The van der Waals surface area contributed by atoms with Crippen LogP contribution < -0.4 is 0 Å².